The van der Waals surface area contributed by atoms with Gasteiger partial charge in [0.25, 0.3) is 0 Å². The number of Topliss-reactive ketones (excluding diaryl/α,β-unsaturated/α-hetero) is 1. The number of rotatable bonds is 13. The Morgan fingerprint density at radius 2 is 1.14 bits per heavy atom. The predicted molar refractivity (Wildman–Crippen MR) is 126 cm³/mol. The molecule has 0 amide bonds. The van der Waals surface area contributed by atoms with Crippen LogP contribution in [0.3, 0.4) is 0 Å². The first-order valence-corrected chi connectivity index (χ1v) is 11.2. The Balaban J connectivity index is 1.80. The van der Waals surface area contributed by atoms with Gasteiger partial charge in [0.2, 0.25) is 0 Å². The van der Waals surface area contributed by atoms with Gasteiger partial charge < -0.3 is 23.7 Å². The third kappa shape index (κ3) is 10.0. The van der Waals surface area contributed by atoms with Crippen LogP contribution in [0.15, 0.2) is 48.5 Å². The van der Waals surface area contributed by atoms with E-state index in [0.29, 0.717) is 6.42 Å². The highest BCUT2D eigenvalue weighted by molar-refractivity contribution is 5.99. The van der Waals surface area contributed by atoms with Crippen LogP contribution in [-0.4, -0.2) is 56.0 Å². The zero-order valence-corrected chi connectivity index (χ0v) is 20.4. The van der Waals surface area contributed by atoms with Crippen LogP contribution >= 0.6 is 0 Å². The molecule has 11 nitrogen and oxygen atoms in total. The minimum atomic E-state index is -1.05. The van der Waals surface area contributed by atoms with Crippen molar-refractivity contribution in [2.75, 3.05) is 20.3 Å². The van der Waals surface area contributed by atoms with Gasteiger partial charge in [0.1, 0.15) is 35.8 Å². The summed E-state index contributed by atoms with van der Waals surface area (Å²) in [6, 6.07) is 11.9. The van der Waals surface area contributed by atoms with Gasteiger partial charge in [0, 0.05) is 12.8 Å². The maximum absolute atomic E-state index is 12.3. The number of carbonyl (C=O) groups is 6. The summed E-state index contributed by atoms with van der Waals surface area (Å²) in [5, 5.41) is 0. The Morgan fingerprint density at radius 3 is 1.62 bits per heavy atom. The van der Waals surface area contributed by atoms with Gasteiger partial charge in [-0.05, 0) is 44.0 Å². The molecular weight excluding hydrogens is 488 g/mol. The van der Waals surface area contributed by atoms with Crippen LogP contribution in [0.2, 0.25) is 0 Å². The number of hydrogen-bond acceptors (Lipinski definition) is 11. The monoisotopic (exact) mass is 514 g/mol. The van der Waals surface area contributed by atoms with Gasteiger partial charge in [-0.3, -0.25) is 14.4 Å². The van der Waals surface area contributed by atoms with E-state index in [1.165, 1.54) is 50.4 Å². The molecular formula is C26H26O11. The van der Waals surface area contributed by atoms with Crippen LogP contribution < -0.4 is 9.47 Å². The summed E-state index contributed by atoms with van der Waals surface area (Å²) >= 11 is 0. The third-order valence-corrected chi connectivity index (χ3v) is 4.59. The standard InChI is InChI=1S/C26H26O11/c1-17(27)15-34-16-24(30)37-26(32)19-10-4-6-12-21(19)36-23(29)14-8-7-13-22(28)35-20-11-5-3-9-18(20)25(31)33-2/h3-6,9-12H,7-8,13-16H2,1-2H3. The molecule has 0 radical (unpaired) electrons. The van der Waals surface area contributed by atoms with Crippen molar-refractivity contribution in [1.82, 2.24) is 0 Å². The zero-order chi connectivity index (χ0) is 27.2. The highest BCUT2D eigenvalue weighted by atomic mass is 16.6. The van der Waals surface area contributed by atoms with Crippen LogP contribution in [0.1, 0.15) is 53.3 Å². The summed E-state index contributed by atoms with van der Waals surface area (Å²) in [5.74, 6) is -4.27. The van der Waals surface area contributed by atoms with Crippen molar-refractivity contribution < 1.29 is 52.5 Å². The highest BCUT2D eigenvalue weighted by Gasteiger charge is 2.20. The lowest BCUT2D eigenvalue weighted by Crippen LogP contribution is -2.20. The summed E-state index contributed by atoms with van der Waals surface area (Å²) in [6.45, 7) is 0.388. The van der Waals surface area contributed by atoms with Crippen molar-refractivity contribution in [2.45, 2.75) is 32.6 Å². The number of esters is 5. The van der Waals surface area contributed by atoms with Crippen molar-refractivity contribution in [3.8, 4) is 11.5 Å². The van der Waals surface area contributed by atoms with Crippen LogP contribution in [0, 0.1) is 0 Å². The minimum Gasteiger partial charge on any atom is -0.465 e. The molecule has 0 heterocycles. The second-order valence-electron chi connectivity index (χ2n) is 7.60. The number of carbonyl (C=O) groups excluding carboxylic acids is 6. The van der Waals surface area contributed by atoms with E-state index in [1.54, 1.807) is 12.1 Å². The van der Waals surface area contributed by atoms with E-state index in [1.807, 2.05) is 0 Å². The molecule has 0 N–H and O–H groups in total. The first-order valence-electron chi connectivity index (χ1n) is 11.2. The molecule has 2 aromatic carbocycles. The second-order valence-corrected chi connectivity index (χ2v) is 7.60. The third-order valence-electron chi connectivity index (χ3n) is 4.59. The summed E-state index contributed by atoms with van der Waals surface area (Å²) in [7, 11) is 1.22. The fourth-order valence-corrected chi connectivity index (χ4v) is 2.91. The molecule has 0 spiro atoms. The Bertz CT molecular complexity index is 1150. The number of para-hydroxylation sites is 2. The Labute approximate surface area is 212 Å². The molecule has 37 heavy (non-hydrogen) atoms. The van der Waals surface area contributed by atoms with Gasteiger partial charge in [0.05, 0.1) is 7.11 Å². The Morgan fingerprint density at radius 1 is 0.649 bits per heavy atom. The van der Waals surface area contributed by atoms with Crippen molar-refractivity contribution >= 4 is 35.6 Å². The van der Waals surface area contributed by atoms with E-state index in [0.717, 1.165) is 0 Å². The lowest BCUT2D eigenvalue weighted by molar-refractivity contribution is -0.144. The average Bonchev–Trinajstić information content (AvgIpc) is 2.86. The second kappa shape index (κ2) is 14.9. The van der Waals surface area contributed by atoms with Gasteiger partial charge in [0.15, 0.2) is 5.78 Å². The molecule has 0 aliphatic carbocycles. The first kappa shape index (κ1) is 28.9. The smallest absolute Gasteiger partial charge is 0.349 e. The van der Waals surface area contributed by atoms with Gasteiger partial charge in [-0.15, -0.1) is 0 Å². The number of methoxy groups -OCH3 is 1. The van der Waals surface area contributed by atoms with Crippen molar-refractivity contribution in [2.24, 2.45) is 0 Å². The zero-order valence-electron chi connectivity index (χ0n) is 20.4. The van der Waals surface area contributed by atoms with E-state index in [4.69, 9.17) is 14.2 Å². The van der Waals surface area contributed by atoms with Crippen LogP contribution in [-0.2, 0) is 33.4 Å². The van der Waals surface area contributed by atoms with Crippen LogP contribution in [0.4, 0.5) is 0 Å². The van der Waals surface area contributed by atoms with Gasteiger partial charge in [-0.2, -0.15) is 0 Å². The van der Waals surface area contributed by atoms with E-state index >= 15 is 0 Å². The maximum Gasteiger partial charge on any atom is 0.349 e. The summed E-state index contributed by atoms with van der Waals surface area (Å²) in [6.07, 6.45) is 0.505. The molecule has 0 fully saturated rings. The predicted octanol–water partition coefficient (Wildman–Crippen LogP) is 2.83. The van der Waals surface area contributed by atoms with Crippen molar-refractivity contribution in [1.29, 1.82) is 0 Å². The van der Waals surface area contributed by atoms with Crippen LogP contribution in [0.5, 0.6) is 11.5 Å². The summed E-state index contributed by atoms with van der Waals surface area (Å²) in [4.78, 5) is 70.9. The summed E-state index contributed by atoms with van der Waals surface area (Å²) < 4.78 is 24.6. The Hall–Kier alpha value is -4.38. The fraction of sp³-hybridized carbons (Fsp3) is 0.308. The van der Waals surface area contributed by atoms with E-state index in [2.05, 4.69) is 9.47 Å². The molecule has 2 rings (SSSR count). The molecule has 0 atom stereocenters. The maximum atomic E-state index is 12.3. The molecule has 0 saturated heterocycles. The Kier molecular flexibility index (Phi) is 11.6. The molecule has 0 bridgehead atoms. The molecule has 0 saturated carbocycles. The average molecular weight is 514 g/mol. The lowest BCUT2D eigenvalue weighted by atomic mass is 10.2. The molecule has 0 aliphatic heterocycles. The van der Waals surface area contributed by atoms with Gasteiger partial charge >= 0.3 is 29.8 Å². The quantitative estimate of drug-likeness (QED) is 0.168. The molecule has 0 aliphatic rings. The van der Waals surface area contributed by atoms with Crippen molar-refractivity contribution in [3.63, 3.8) is 0 Å². The number of hydrogen-bond donors (Lipinski definition) is 0. The van der Waals surface area contributed by atoms with Crippen molar-refractivity contribution in [3.05, 3.63) is 59.7 Å². The van der Waals surface area contributed by atoms with E-state index in [9.17, 15) is 28.8 Å². The SMILES string of the molecule is COC(=O)c1ccccc1OC(=O)CCCCC(=O)Oc1ccccc1C(=O)OC(=O)COCC(C)=O. The molecule has 0 aromatic heterocycles. The molecule has 0 unspecified atom stereocenters. The fourth-order valence-electron chi connectivity index (χ4n) is 2.91. The number of benzene rings is 2. The van der Waals surface area contributed by atoms with Gasteiger partial charge in [-0.25, -0.2) is 14.4 Å². The number of unbranched alkanes of at least 4 members (excludes halogenated alkanes) is 1. The number of ether oxygens (including phenoxy) is 5. The minimum absolute atomic E-state index is 0.0144. The van der Waals surface area contributed by atoms with Crippen LogP contribution in [0.25, 0.3) is 0 Å². The molecule has 11 heteroatoms. The summed E-state index contributed by atoms with van der Waals surface area (Å²) in [5.41, 5.74) is -0.0342. The first-order chi connectivity index (χ1) is 17.7. The van der Waals surface area contributed by atoms with Gasteiger partial charge in [-0.1, -0.05) is 24.3 Å². The lowest BCUT2D eigenvalue weighted by Gasteiger charge is -2.10. The van der Waals surface area contributed by atoms with E-state index in [-0.39, 0.29) is 54.3 Å². The topological polar surface area (TPSA) is 149 Å². The van der Waals surface area contributed by atoms with E-state index < -0.39 is 36.5 Å². The number of ketones is 1. The normalized spacial score (nSPS) is 10.2. The highest BCUT2D eigenvalue weighted by Crippen LogP contribution is 2.21. The molecule has 2 aromatic rings. The largest absolute Gasteiger partial charge is 0.465 e. The molecule has 196 valence electrons.